The zero-order chi connectivity index (χ0) is 17.4. The maximum atomic E-state index is 12.7. The van der Waals surface area contributed by atoms with Crippen molar-refractivity contribution in [3.05, 3.63) is 35.4 Å². The summed E-state index contributed by atoms with van der Waals surface area (Å²) in [4.78, 5) is 27.5. The third-order valence-electron chi connectivity index (χ3n) is 6.71. The number of likely N-dealkylation sites (tertiary alicyclic amines) is 1. The second-order valence-electron chi connectivity index (χ2n) is 8.32. The molecule has 2 fully saturated rings. The molecule has 1 heterocycles. The van der Waals surface area contributed by atoms with Crippen LogP contribution in [-0.2, 0) is 16.0 Å². The summed E-state index contributed by atoms with van der Waals surface area (Å²) >= 11 is 0. The number of fused-ring (bicyclic) bond motifs is 3. The lowest BCUT2D eigenvalue weighted by Gasteiger charge is -2.45. The lowest BCUT2D eigenvalue weighted by molar-refractivity contribution is -0.139. The first kappa shape index (κ1) is 16.8. The summed E-state index contributed by atoms with van der Waals surface area (Å²) < 4.78 is 0. The molecular weight excluding hydrogens is 310 g/mol. The summed E-state index contributed by atoms with van der Waals surface area (Å²) in [7, 11) is 0. The van der Waals surface area contributed by atoms with Crippen LogP contribution in [0.15, 0.2) is 24.3 Å². The highest BCUT2D eigenvalue weighted by Crippen LogP contribution is 2.53. The van der Waals surface area contributed by atoms with Crippen molar-refractivity contribution in [2.24, 2.45) is 17.8 Å². The molecular formula is C22H29NO2. The van der Waals surface area contributed by atoms with Gasteiger partial charge in [0.15, 0.2) is 0 Å². The van der Waals surface area contributed by atoms with Gasteiger partial charge in [-0.1, -0.05) is 31.2 Å². The van der Waals surface area contributed by atoms with Crippen molar-refractivity contribution in [1.82, 2.24) is 4.90 Å². The number of Topliss-reactive ketones (excluding diaryl/α,β-unsaturated/α-hetero) is 1. The number of benzene rings is 1. The van der Waals surface area contributed by atoms with E-state index in [4.69, 9.17) is 0 Å². The minimum absolute atomic E-state index is 0.0512. The monoisotopic (exact) mass is 339 g/mol. The van der Waals surface area contributed by atoms with Gasteiger partial charge in [0.1, 0.15) is 5.78 Å². The van der Waals surface area contributed by atoms with E-state index in [1.54, 1.807) is 0 Å². The molecule has 1 saturated carbocycles. The number of hydrogen-bond donors (Lipinski definition) is 0. The van der Waals surface area contributed by atoms with Crippen molar-refractivity contribution in [1.29, 1.82) is 0 Å². The van der Waals surface area contributed by atoms with Crippen LogP contribution in [0.3, 0.4) is 0 Å². The van der Waals surface area contributed by atoms with E-state index in [9.17, 15) is 9.59 Å². The third-order valence-corrected chi connectivity index (χ3v) is 6.71. The average molecular weight is 339 g/mol. The van der Waals surface area contributed by atoms with E-state index in [0.717, 1.165) is 45.2 Å². The minimum Gasteiger partial charge on any atom is -0.342 e. The zero-order valence-electron chi connectivity index (χ0n) is 15.2. The second kappa shape index (κ2) is 6.93. The van der Waals surface area contributed by atoms with Crippen molar-refractivity contribution in [3.8, 4) is 0 Å². The van der Waals surface area contributed by atoms with E-state index in [1.807, 2.05) is 0 Å². The molecule has 0 spiro atoms. The Balaban J connectivity index is 1.43. The predicted octanol–water partition coefficient (Wildman–Crippen LogP) is 3.96. The van der Waals surface area contributed by atoms with E-state index in [0.29, 0.717) is 29.9 Å². The highest BCUT2D eigenvalue weighted by molar-refractivity contribution is 5.85. The number of piperidine rings is 1. The lowest BCUT2D eigenvalue weighted by Crippen LogP contribution is -2.44. The SMILES string of the molecule is C[C@H](CC1CC2c3ccccc3CCC(=O)C12)C(=O)N1CCCCC1. The first-order valence-electron chi connectivity index (χ1n) is 10.0. The topological polar surface area (TPSA) is 37.4 Å². The van der Waals surface area contributed by atoms with Crippen LogP contribution in [0, 0.1) is 17.8 Å². The number of amides is 1. The van der Waals surface area contributed by atoms with Gasteiger partial charge in [-0.15, -0.1) is 0 Å². The molecule has 0 N–H and O–H groups in total. The summed E-state index contributed by atoms with van der Waals surface area (Å²) in [5.41, 5.74) is 2.75. The van der Waals surface area contributed by atoms with Crippen LogP contribution in [0.1, 0.15) is 62.5 Å². The fraction of sp³-hybridized carbons (Fsp3) is 0.636. The van der Waals surface area contributed by atoms with Crippen molar-refractivity contribution >= 4 is 11.7 Å². The van der Waals surface area contributed by atoms with Crippen molar-refractivity contribution in [3.63, 3.8) is 0 Å². The molecule has 25 heavy (non-hydrogen) atoms. The number of carbonyl (C=O) groups excluding carboxylic acids is 2. The van der Waals surface area contributed by atoms with Gasteiger partial charge in [-0.3, -0.25) is 9.59 Å². The van der Waals surface area contributed by atoms with Gasteiger partial charge in [0.05, 0.1) is 0 Å². The standard InChI is InChI=1S/C22H29NO2/c1-15(22(25)23-11-5-2-6-12-23)13-17-14-19-18-8-4-3-7-16(18)9-10-20(24)21(17)19/h3-4,7-8,15,17,19,21H,2,5-6,9-14H2,1H3/t15-,17?,19?,21?/m1/s1. The Bertz CT molecular complexity index is 662. The molecule has 1 amide bonds. The van der Waals surface area contributed by atoms with E-state index in [1.165, 1.54) is 17.5 Å². The van der Waals surface area contributed by atoms with Gasteiger partial charge >= 0.3 is 0 Å². The highest BCUT2D eigenvalue weighted by Gasteiger charge is 2.48. The first-order chi connectivity index (χ1) is 12.1. The van der Waals surface area contributed by atoms with Gasteiger partial charge in [-0.05, 0) is 61.5 Å². The van der Waals surface area contributed by atoms with E-state index in [2.05, 4.69) is 36.1 Å². The highest BCUT2D eigenvalue weighted by atomic mass is 16.2. The Kier molecular flexibility index (Phi) is 4.66. The van der Waals surface area contributed by atoms with Crippen LogP contribution in [0.4, 0.5) is 0 Å². The molecule has 4 rings (SSSR count). The van der Waals surface area contributed by atoms with Crippen molar-refractivity contribution < 1.29 is 9.59 Å². The van der Waals surface area contributed by atoms with Crippen LogP contribution in [0.5, 0.6) is 0 Å². The summed E-state index contributed by atoms with van der Waals surface area (Å²) in [5, 5.41) is 0. The molecule has 3 heteroatoms. The smallest absolute Gasteiger partial charge is 0.225 e. The maximum Gasteiger partial charge on any atom is 0.225 e. The Morgan fingerprint density at radius 3 is 2.72 bits per heavy atom. The molecule has 3 aliphatic rings. The summed E-state index contributed by atoms with van der Waals surface area (Å²) in [6.07, 6.45) is 7.04. The number of aryl methyl sites for hydroxylation is 1. The molecule has 3 nitrogen and oxygen atoms in total. The molecule has 3 unspecified atom stereocenters. The van der Waals surface area contributed by atoms with Crippen molar-refractivity contribution in [2.45, 2.75) is 57.8 Å². The van der Waals surface area contributed by atoms with Gasteiger partial charge in [0, 0.05) is 31.3 Å². The fourth-order valence-corrected chi connectivity index (χ4v) is 5.33. The van der Waals surface area contributed by atoms with Crippen LogP contribution < -0.4 is 0 Å². The molecule has 0 aromatic heterocycles. The van der Waals surface area contributed by atoms with Crippen LogP contribution >= 0.6 is 0 Å². The van der Waals surface area contributed by atoms with Crippen LogP contribution in [0.2, 0.25) is 0 Å². The zero-order valence-corrected chi connectivity index (χ0v) is 15.2. The minimum atomic E-state index is 0.0512. The molecule has 1 aromatic rings. The third kappa shape index (κ3) is 3.14. The quantitative estimate of drug-likeness (QED) is 0.836. The Morgan fingerprint density at radius 1 is 1.16 bits per heavy atom. The second-order valence-corrected chi connectivity index (χ2v) is 8.32. The number of carbonyl (C=O) groups is 2. The van der Waals surface area contributed by atoms with E-state index in [-0.39, 0.29) is 11.8 Å². The largest absolute Gasteiger partial charge is 0.342 e. The normalized spacial score (nSPS) is 29.9. The van der Waals surface area contributed by atoms with Gasteiger partial charge in [0.2, 0.25) is 5.91 Å². The molecule has 134 valence electrons. The Labute approximate surface area is 150 Å². The van der Waals surface area contributed by atoms with Crippen molar-refractivity contribution in [2.75, 3.05) is 13.1 Å². The fourth-order valence-electron chi connectivity index (χ4n) is 5.33. The lowest BCUT2D eigenvalue weighted by atomic mass is 9.58. The van der Waals surface area contributed by atoms with E-state index < -0.39 is 0 Å². The molecule has 1 aliphatic heterocycles. The molecule has 0 radical (unpaired) electrons. The number of nitrogens with zero attached hydrogens (tertiary/aromatic N) is 1. The summed E-state index contributed by atoms with van der Waals surface area (Å²) in [6, 6.07) is 8.58. The first-order valence-corrected chi connectivity index (χ1v) is 10.0. The summed E-state index contributed by atoms with van der Waals surface area (Å²) in [6.45, 7) is 3.91. The predicted molar refractivity (Wildman–Crippen MR) is 98.3 cm³/mol. The van der Waals surface area contributed by atoms with Gasteiger partial charge in [-0.25, -0.2) is 0 Å². The molecule has 2 aliphatic carbocycles. The Hall–Kier alpha value is -1.64. The van der Waals surface area contributed by atoms with Gasteiger partial charge < -0.3 is 4.90 Å². The number of ketones is 1. The Morgan fingerprint density at radius 2 is 1.92 bits per heavy atom. The van der Waals surface area contributed by atoms with Crippen LogP contribution in [-0.4, -0.2) is 29.7 Å². The van der Waals surface area contributed by atoms with Crippen LogP contribution in [0.25, 0.3) is 0 Å². The number of rotatable bonds is 3. The van der Waals surface area contributed by atoms with Gasteiger partial charge in [-0.2, -0.15) is 0 Å². The number of hydrogen-bond acceptors (Lipinski definition) is 2. The molecule has 0 bridgehead atoms. The van der Waals surface area contributed by atoms with Gasteiger partial charge in [0.25, 0.3) is 0 Å². The maximum absolute atomic E-state index is 12.7. The van der Waals surface area contributed by atoms with E-state index >= 15 is 0 Å². The molecule has 1 aromatic carbocycles. The average Bonchev–Trinajstić information content (AvgIpc) is 2.73. The molecule has 4 atom stereocenters. The molecule has 1 saturated heterocycles. The summed E-state index contributed by atoms with van der Waals surface area (Å²) in [5.74, 6) is 1.73.